The highest BCUT2D eigenvalue weighted by Crippen LogP contribution is 2.25. The molecule has 0 aliphatic heterocycles. The minimum Gasteiger partial charge on any atom is -0.457 e. The van der Waals surface area contributed by atoms with Crippen molar-refractivity contribution in [3.63, 3.8) is 0 Å². The first-order valence-corrected chi connectivity index (χ1v) is 9.60. The van der Waals surface area contributed by atoms with Crippen molar-refractivity contribution in [3.8, 4) is 11.5 Å². The molecule has 2 N–H and O–H groups in total. The molecule has 0 amide bonds. The van der Waals surface area contributed by atoms with Crippen LogP contribution >= 0.6 is 0 Å². The van der Waals surface area contributed by atoms with E-state index in [1.807, 2.05) is 54.7 Å². The molecule has 0 saturated heterocycles. The maximum Gasteiger partial charge on any atom is 0.263 e. The second kappa shape index (κ2) is 8.88. The molecule has 0 aliphatic rings. The highest BCUT2D eigenvalue weighted by Gasteiger charge is 2.10. The van der Waals surface area contributed by atoms with Crippen LogP contribution in [0.5, 0.6) is 11.5 Å². The van der Waals surface area contributed by atoms with E-state index in [1.54, 1.807) is 6.07 Å². The third-order valence-electron chi connectivity index (χ3n) is 4.82. The third kappa shape index (κ3) is 4.81. The van der Waals surface area contributed by atoms with Gasteiger partial charge in [-0.25, -0.2) is 8.78 Å². The minimum atomic E-state index is -2.45. The van der Waals surface area contributed by atoms with Gasteiger partial charge in [0.25, 0.3) is 6.43 Å². The van der Waals surface area contributed by atoms with Gasteiger partial charge in [0.05, 0.1) is 0 Å². The van der Waals surface area contributed by atoms with E-state index in [1.165, 1.54) is 12.1 Å². The lowest BCUT2D eigenvalue weighted by Crippen LogP contribution is -2.16. The molecule has 1 heterocycles. The Morgan fingerprint density at radius 3 is 2.55 bits per heavy atom. The summed E-state index contributed by atoms with van der Waals surface area (Å²) in [5.74, 6) is 1.62. The van der Waals surface area contributed by atoms with E-state index in [0.717, 1.165) is 53.0 Å². The van der Waals surface area contributed by atoms with Crippen molar-refractivity contribution in [2.24, 2.45) is 0 Å². The molecule has 0 saturated carbocycles. The maximum atomic E-state index is 12.8. The van der Waals surface area contributed by atoms with Crippen LogP contribution in [0, 0.1) is 0 Å². The first-order chi connectivity index (χ1) is 14.2. The average molecular weight is 392 g/mol. The van der Waals surface area contributed by atoms with Gasteiger partial charge in [0, 0.05) is 29.2 Å². The number of para-hydroxylation sites is 1. The van der Waals surface area contributed by atoms with Crippen LogP contribution in [0.25, 0.3) is 10.9 Å². The zero-order valence-corrected chi connectivity index (χ0v) is 15.9. The largest absolute Gasteiger partial charge is 0.457 e. The SMILES string of the molecule is FC(F)c1ccc2c(CCNCc3cccc(Oc4ccccc4)c3)c[nH]c2c1. The molecule has 3 aromatic carbocycles. The first kappa shape index (κ1) is 19.2. The predicted octanol–water partition coefficient (Wildman–Crippen LogP) is 6.23. The number of aromatic nitrogens is 1. The van der Waals surface area contributed by atoms with Gasteiger partial charge in [0.15, 0.2) is 0 Å². The van der Waals surface area contributed by atoms with E-state index in [-0.39, 0.29) is 5.56 Å². The molecule has 4 rings (SSSR count). The van der Waals surface area contributed by atoms with Crippen molar-refractivity contribution in [2.75, 3.05) is 6.54 Å². The molecule has 5 heteroatoms. The minimum absolute atomic E-state index is 0.0432. The number of fused-ring (bicyclic) bond motifs is 1. The van der Waals surface area contributed by atoms with Crippen LogP contribution < -0.4 is 10.1 Å². The van der Waals surface area contributed by atoms with Crippen molar-refractivity contribution >= 4 is 10.9 Å². The van der Waals surface area contributed by atoms with Crippen molar-refractivity contribution in [2.45, 2.75) is 19.4 Å². The number of rotatable bonds is 8. The van der Waals surface area contributed by atoms with Gasteiger partial charge in [0.2, 0.25) is 0 Å². The van der Waals surface area contributed by atoms with Gasteiger partial charge in [-0.2, -0.15) is 0 Å². The highest BCUT2D eigenvalue weighted by atomic mass is 19.3. The molecule has 29 heavy (non-hydrogen) atoms. The summed E-state index contributed by atoms with van der Waals surface area (Å²) in [7, 11) is 0. The molecule has 1 aromatic heterocycles. The Bertz CT molecular complexity index is 1080. The number of hydrogen-bond donors (Lipinski definition) is 2. The van der Waals surface area contributed by atoms with Gasteiger partial charge in [-0.1, -0.05) is 42.5 Å². The van der Waals surface area contributed by atoms with Crippen LogP contribution in [-0.2, 0) is 13.0 Å². The third-order valence-corrected chi connectivity index (χ3v) is 4.82. The molecular formula is C24H22F2N2O. The van der Waals surface area contributed by atoms with Crippen LogP contribution in [0.3, 0.4) is 0 Å². The molecule has 0 bridgehead atoms. The summed E-state index contributed by atoms with van der Waals surface area (Å²) < 4.78 is 31.5. The Hall–Kier alpha value is -3.18. The molecular weight excluding hydrogens is 370 g/mol. The number of alkyl halides is 2. The lowest BCUT2D eigenvalue weighted by Gasteiger charge is -2.09. The van der Waals surface area contributed by atoms with Gasteiger partial charge >= 0.3 is 0 Å². The summed E-state index contributed by atoms with van der Waals surface area (Å²) in [6, 6.07) is 22.5. The topological polar surface area (TPSA) is 37.0 Å². The molecule has 0 unspecified atom stereocenters. The summed E-state index contributed by atoms with van der Waals surface area (Å²) >= 11 is 0. The zero-order chi connectivity index (χ0) is 20.1. The molecule has 0 aliphatic carbocycles. The summed E-state index contributed by atoms with van der Waals surface area (Å²) in [5.41, 5.74) is 3.05. The molecule has 148 valence electrons. The predicted molar refractivity (Wildman–Crippen MR) is 112 cm³/mol. The number of ether oxygens (including phenoxy) is 1. The Balaban J connectivity index is 1.32. The number of nitrogens with one attached hydrogen (secondary N) is 2. The summed E-state index contributed by atoms with van der Waals surface area (Å²) in [5, 5.41) is 4.43. The van der Waals surface area contributed by atoms with Crippen molar-refractivity contribution in [3.05, 3.63) is 95.7 Å². The normalized spacial score (nSPS) is 11.3. The van der Waals surface area contributed by atoms with Crippen LogP contribution in [0.1, 0.15) is 23.1 Å². The molecule has 0 atom stereocenters. The van der Waals surface area contributed by atoms with E-state index >= 15 is 0 Å². The van der Waals surface area contributed by atoms with Crippen LogP contribution in [0.15, 0.2) is 79.0 Å². The second-order valence-corrected chi connectivity index (χ2v) is 6.91. The Labute approximate surface area is 168 Å². The van der Waals surface area contributed by atoms with Gasteiger partial charge in [0.1, 0.15) is 11.5 Å². The molecule has 4 aromatic rings. The summed E-state index contributed by atoms with van der Waals surface area (Å²) in [6.45, 7) is 1.51. The molecule has 3 nitrogen and oxygen atoms in total. The van der Waals surface area contributed by atoms with Crippen LogP contribution in [0.2, 0.25) is 0 Å². The van der Waals surface area contributed by atoms with Gasteiger partial charge in [-0.3, -0.25) is 0 Å². The fourth-order valence-electron chi connectivity index (χ4n) is 3.35. The summed E-state index contributed by atoms with van der Waals surface area (Å²) in [4.78, 5) is 3.10. The smallest absolute Gasteiger partial charge is 0.263 e. The van der Waals surface area contributed by atoms with Crippen molar-refractivity contribution in [1.29, 1.82) is 0 Å². The monoisotopic (exact) mass is 392 g/mol. The van der Waals surface area contributed by atoms with Gasteiger partial charge in [-0.15, -0.1) is 0 Å². The van der Waals surface area contributed by atoms with Gasteiger partial charge in [-0.05, 0) is 54.4 Å². The van der Waals surface area contributed by atoms with E-state index in [4.69, 9.17) is 4.74 Å². The van der Waals surface area contributed by atoms with E-state index in [0.29, 0.717) is 0 Å². The Morgan fingerprint density at radius 1 is 0.897 bits per heavy atom. The average Bonchev–Trinajstić information content (AvgIpc) is 3.14. The number of benzene rings is 3. The first-order valence-electron chi connectivity index (χ1n) is 9.60. The molecule has 0 radical (unpaired) electrons. The maximum absolute atomic E-state index is 12.8. The number of hydrogen-bond acceptors (Lipinski definition) is 2. The standard InChI is InChI=1S/C24H22F2N2O/c25-24(26)18-9-10-22-19(16-28-23(22)14-18)11-12-27-15-17-5-4-8-21(13-17)29-20-6-2-1-3-7-20/h1-10,13-14,16,24,27-28H,11-12,15H2. The van der Waals surface area contributed by atoms with E-state index in [9.17, 15) is 8.78 Å². The van der Waals surface area contributed by atoms with Crippen LogP contribution in [0.4, 0.5) is 8.78 Å². The lowest BCUT2D eigenvalue weighted by atomic mass is 10.1. The fourth-order valence-corrected chi connectivity index (χ4v) is 3.35. The Kier molecular flexibility index (Phi) is 5.86. The Morgan fingerprint density at radius 2 is 1.72 bits per heavy atom. The van der Waals surface area contributed by atoms with E-state index < -0.39 is 6.43 Å². The molecule has 0 spiro atoms. The van der Waals surface area contributed by atoms with E-state index in [2.05, 4.69) is 16.4 Å². The van der Waals surface area contributed by atoms with Crippen molar-refractivity contribution < 1.29 is 13.5 Å². The van der Waals surface area contributed by atoms with Gasteiger partial charge < -0.3 is 15.0 Å². The highest BCUT2D eigenvalue weighted by molar-refractivity contribution is 5.83. The molecule has 0 fully saturated rings. The number of halogens is 2. The number of aromatic amines is 1. The lowest BCUT2D eigenvalue weighted by molar-refractivity contribution is 0.151. The zero-order valence-electron chi connectivity index (χ0n) is 15.9. The number of H-pyrrole nitrogens is 1. The van der Waals surface area contributed by atoms with Crippen LogP contribution in [-0.4, -0.2) is 11.5 Å². The summed E-state index contributed by atoms with van der Waals surface area (Å²) in [6.07, 6.45) is 0.263. The van der Waals surface area contributed by atoms with Crippen molar-refractivity contribution in [1.82, 2.24) is 10.3 Å². The second-order valence-electron chi connectivity index (χ2n) is 6.91. The fraction of sp³-hybridized carbons (Fsp3) is 0.167. The quantitative estimate of drug-likeness (QED) is 0.349.